The second kappa shape index (κ2) is 14.7. The topological polar surface area (TPSA) is 99.2 Å². The molecule has 10 heteroatoms. The van der Waals surface area contributed by atoms with Gasteiger partial charge in [-0.15, -0.1) is 22.7 Å². The third-order valence-electron chi connectivity index (χ3n) is 5.81. The van der Waals surface area contributed by atoms with Gasteiger partial charge in [0.1, 0.15) is 11.6 Å². The Morgan fingerprint density at radius 2 is 1.49 bits per heavy atom. The molecule has 0 saturated carbocycles. The summed E-state index contributed by atoms with van der Waals surface area (Å²) < 4.78 is 5.45. The summed E-state index contributed by atoms with van der Waals surface area (Å²) in [7, 11) is 0. The number of thiophene rings is 2. The molecule has 3 amide bonds. The van der Waals surface area contributed by atoms with E-state index in [0.717, 1.165) is 15.3 Å². The van der Waals surface area contributed by atoms with Crippen molar-refractivity contribution in [2.24, 2.45) is 0 Å². The van der Waals surface area contributed by atoms with Crippen molar-refractivity contribution >= 4 is 40.8 Å². The maximum atomic E-state index is 13.8. The van der Waals surface area contributed by atoms with Crippen molar-refractivity contribution < 1.29 is 24.2 Å². The molecule has 2 N–H and O–H groups in total. The molecule has 1 aromatic carbocycles. The van der Waals surface area contributed by atoms with Crippen LogP contribution in [0.5, 0.6) is 0 Å². The molecular formula is C29H37N3O5S2. The quantitative estimate of drug-likeness (QED) is 0.226. The lowest BCUT2D eigenvalue weighted by Gasteiger charge is -2.29. The van der Waals surface area contributed by atoms with Gasteiger partial charge in [0.2, 0.25) is 5.91 Å². The first kappa shape index (κ1) is 30.2. The van der Waals surface area contributed by atoms with Gasteiger partial charge in [-0.2, -0.15) is 0 Å². The van der Waals surface area contributed by atoms with Crippen molar-refractivity contribution in [1.82, 2.24) is 15.1 Å². The SMILES string of the molecule is CC(C)(C)OC(=O)N[C@H](CCCCN(Cc1ccccc1)C(=O)O)C(=O)N(Cc1cccs1)Cc1cccs1. The highest BCUT2D eigenvalue weighted by Crippen LogP contribution is 2.20. The van der Waals surface area contributed by atoms with Gasteiger partial charge in [-0.05, 0) is 68.5 Å². The van der Waals surface area contributed by atoms with Crippen molar-refractivity contribution in [3.63, 3.8) is 0 Å². The molecular weight excluding hydrogens is 534 g/mol. The van der Waals surface area contributed by atoms with Crippen molar-refractivity contribution in [3.05, 3.63) is 80.7 Å². The van der Waals surface area contributed by atoms with E-state index in [2.05, 4.69) is 5.32 Å². The van der Waals surface area contributed by atoms with Crippen LogP contribution in [0.25, 0.3) is 0 Å². The number of alkyl carbamates (subject to hydrolysis) is 1. The van der Waals surface area contributed by atoms with Gasteiger partial charge in [0.15, 0.2) is 0 Å². The Bertz CT molecular complexity index is 1130. The standard InChI is InChI=1S/C29H37N3O5S2/c1-29(2,3)37-27(34)30-25(15-7-8-16-31(28(35)36)19-22-11-5-4-6-12-22)26(33)32(20-23-13-9-17-38-23)21-24-14-10-18-39-24/h4-6,9-14,17-18,25H,7-8,15-16,19-21H2,1-3H3,(H,30,34)(H,35,36)/t25-/m1/s1. The number of hydrogen-bond acceptors (Lipinski definition) is 6. The van der Waals surface area contributed by atoms with E-state index in [-0.39, 0.29) is 5.91 Å². The van der Waals surface area contributed by atoms with Gasteiger partial charge in [-0.25, -0.2) is 9.59 Å². The third-order valence-corrected chi connectivity index (χ3v) is 7.53. The molecule has 0 unspecified atom stereocenters. The number of carbonyl (C=O) groups is 3. The third kappa shape index (κ3) is 10.7. The molecule has 3 rings (SSSR count). The molecule has 8 nitrogen and oxygen atoms in total. The second-order valence-electron chi connectivity index (χ2n) is 10.2. The summed E-state index contributed by atoms with van der Waals surface area (Å²) in [5.74, 6) is -0.193. The summed E-state index contributed by atoms with van der Waals surface area (Å²) >= 11 is 3.16. The molecule has 1 atom stereocenters. The number of carbonyl (C=O) groups excluding carboxylic acids is 2. The van der Waals surface area contributed by atoms with Crippen molar-refractivity contribution in [2.45, 2.75) is 71.3 Å². The van der Waals surface area contributed by atoms with Crippen LogP contribution in [0.3, 0.4) is 0 Å². The maximum Gasteiger partial charge on any atom is 0.408 e. The van der Waals surface area contributed by atoms with E-state index in [0.29, 0.717) is 45.4 Å². The van der Waals surface area contributed by atoms with Crippen LogP contribution in [0.4, 0.5) is 9.59 Å². The lowest BCUT2D eigenvalue weighted by molar-refractivity contribution is -0.135. The average molecular weight is 572 g/mol. The van der Waals surface area contributed by atoms with Crippen LogP contribution in [0, 0.1) is 0 Å². The zero-order valence-electron chi connectivity index (χ0n) is 22.7. The number of nitrogens with zero attached hydrogens (tertiary/aromatic N) is 2. The maximum absolute atomic E-state index is 13.8. The minimum atomic E-state index is -0.989. The Morgan fingerprint density at radius 3 is 2.00 bits per heavy atom. The van der Waals surface area contributed by atoms with Gasteiger partial charge in [-0.3, -0.25) is 4.79 Å². The van der Waals surface area contributed by atoms with E-state index in [1.807, 2.05) is 65.4 Å². The van der Waals surface area contributed by atoms with Crippen LogP contribution in [-0.4, -0.2) is 51.2 Å². The summed E-state index contributed by atoms with van der Waals surface area (Å²) in [4.78, 5) is 43.5. The van der Waals surface area contributed by atoms with Gasteiger partial charge in [-0.1, -0.05) is 42.5 Å². The van der Waals surface area contributed by atoms with Crippen LogP contribution in [0.1, 0.15) is 55.4 Å². The highest BCUT2D eigenvalue weighted by Gasteiger charge is 2.28. The normalized spacial score (nSPS) is 12.0. The van der Waals surface area contributed by atoms with Gasteiger partial charge >= 0.3 is 12.2 Å². The molecule has 39 heavy (non-hydrogen) atoms. The molecule has 0 bridgehead atoms. The van der Waals surface area contributed by atoms with E-state index in [1.54, 1.807) is 48.3 Å². The Hall–Kier alpha value is -3.37. The van der Waals surface area contributed by atoms with Gasteiger partial charge in [0.25, 0.3) is 0 Å². The number of amides is 3. The molecule has 0 radical (unpaired) electrons. The smallest absolute Gasteiger partial charge is 0.408 e. The minimum absolute atomic E-state index is 0.193. The summed E-state index contributed by atoms with van der Waals surface area (Å²) in [6, 6.07) is 16.5. The van der Waals surface area contributed by atoms with Crippen LogP contribution < -0.4 is 5.32 Å². The molecule has 3 aromatic rings. The molecule has 2 aromatic heterocycles. The fourth-order valence-corrected chi connectivity index (χ4v) is 5.46. The predicted molar refractivity (Wildman–Crippen MR) is 155 cm³/mol. The number of ether oxygens (including phenoxy) is 1. The molecule has 0 fully saturated rings. The lowest BCUT2D eigenvalue weighted by atomic mass is 10.1. The molecule has 0 aliphatic rings. The lowest BCUT2D eigenvalue weighted by Crippen LogP contribution is -2.49. The fraction of sp³-hybridized carbons (Fsp3) is 0.414. The summed E-state index contributed by atoms with van der Waals surface area (Å²) in [5, 5.41) is 16.4. The first-order valence-corrected chi connectivity index (χ1v) is 14.7. The monoisotopic (exact) mass is 571 g/mol. The van der Waals surface area contributed by atoms with Gasteiger partial charge in [0.05, 0.1) is 13.1 Å². The first-order valence-electron chi connectivity index (χ1n) is 13.0. The van der Waals surface area contributed by atoms with Crippen LogP contribution in [0.15, 0.2) is 65.4 Å². The molecule has 0 aliphatic heterocycles. The number of rotatable bonds is 13. The molecule has 0 spiro atoms. The Kier molecular flexibility index (Phi) is 11.4. The number of nitrogens with one attached hydrogen (secondary N) is 1. The molecule has 0 saturated heterocycles. The Balaban J connectivity index is 1.68. The molecule has 210 valence electrons. The summed E-state index contributed by atoms with van der Waals surface area (Å²) in [6.45, 7) is 6.81. The highest BCUT2D eigenvalue weighted by molar-refractivity contribution is 7.10. The van der Waals surface area contributed by atoms with Crippen molar-refractivity contribution in [1.29, 1.82) is 0 Å². The van der Waals surface area contributed by atoms with Crippen molar-refractivity contribution in [2.75, 3.05) is 6.54 Å². The molecule has 0 aliphatic carbocycles. The van der Waals surface area contributed by atoms with E-state index >= 15 is 0 Å². The summed E-state index contributed by atoms with van der Waals surface area (Å²) in [5.41, 5.74) is 0.211. The second-order valence-corrected chi connectivity index (χ2v) is 12.3. The zero-order valence-corrected chi connectivity index (χ0v) is 24.3. The van der Waals surface area contributed by atoms with Crippen LogP contribution >= 0.6 is 22.7 Å². The van der Waals surface area contributed by atoms with Crippen LogP contribution in [-0.2, 0) is 29.2 Å². The first-order chi connectivity index (χ1) is 18.6. The highest BCUT2D eigenvalue weighted by atomic mass is 32.1. The number of carboxylic acid groups (broad SMARTS) is 1. The van der Waals surface area contributed by atoms with E-state index in [1.165, 1.54) is 4.90 Å². The molecule has 2 heterocycles. The van der Waals surface area contributed by atoms with Gasteiger partial charge < -0.3 is 25.0 Å². The van der Waals surface area contributed by atoms with Gasteiger partial charge in [0, 0.05) is 22.8 Å². The number of hydrogen-bond donors (Lipinski definition) is 2. The van der Waals surface area contributed by atoms with Crippen LogP contribution in [0.2, 0.25) is 0 Å². The van der Waals surface area contributed by atoms with E-state index in [4.69, 9.17) is 4.74 Å². The summed E-state index contributed by atoms with van der Waals surface area (Å²) in [6.07, 6.45) is -0.172. The average Bonchev–Trinajstić information content (AvgIpc) is 3.58. The number of unbranched alkanes of at least 4 members (excludes halogenated alkanes) is 1. The largest absolute Gasteiger partial charge is 0.465 e. The van der Waals surface area contributed by atoms with Crippen molar-refractivity contribution in [3.8, 4) is 0 Å². The Morgan fingerprint density at radius 1 is 0.872 bits per heavy atom. The zero-order chi connectivity index (χ0) is 28.3. The predicted octanol–water partition coefficient (Wildman–Crippen LogP) is 6.58. The fourth-order valence-electron chi connectivity index (χ4n) is 4.02. The van der Waals surface area contributed by atoms with E-state index < -0.39 is 23.8 Å². The number of benzene rings is 1. The Labute approximate surface area is 238 Å². The van der Waals surface area contributed by atoms with E-state index in [9.17, 15) is 19.5 Å². The minimum Gasteiger partial charge on any atom is -0.465 e.